The molecule has 1 N–H and O–H groups in total. The van der Waals surface area contributed by atoms with Gasteiger partial charge in [-0.3, -0.25) is 4.90 Å². The van der Waals surface area contributed by atoms with E-state index < -0.39 is 10.0 Å². The molecule has 146 valence electrons. The highest BCUT2D eigenvalue weighted by Gasteiger charge is 2.47. The molecule has 0 radical (unpaired) electrons. The number of nitrogens with one attached hydrogen (secondary N) is 1. The molecule has 1 aromatic carbocycles. The van der Waals surface area contributed by atoms with Crippen LogP contribution in [-0.2, 0) is 16.6 Å². The number of sulfonamides is 1. The van der Waals surface area contributed by atoms with Crippen molar-refractivity contribution < 1.29 is 8.42 Å². The van der Waals surface area contributed by atoms with Gasteiger partial charge in [-0.25, -0.2) is 13.4 Å². The van der Waals surface area contributed by atoms with Gasteiger partial charge < -0.3 is 4.98 Å². The monoisotopic (exact) mass is 396 g/mol. The number of aromatic amines is 1. The third-order valence-electron chi connectivity index (χ3n) is 6.20. The van der Waals surface area contributed by atoms with Crippen LogP contribution in [0, 0.1) is 5.41 Å². The van der Waals surface area contributed by atoms with Gasteiger partial charge in [-0.1, -0.05) is 30.3 Å². The van der Waals surface area contributed by atoms with Crippen molar-refractivity contribution >= 4 is 21.1 Å². The van der Waals surface area contributed by atoms with Crippen molar-refractivity contribution in [3.8, 4) is 0 Å². The second-order valence-corrected chi connectivity index (χ2v) is 9.99. The summed E-state index contributed by atoms with van der Waals surface area (Å²) in [5.41, 5.74) is 2.00. The molecule has 0 amide bonds. The van der Waals surface area contributed by atoms with E-state index in [1.807, 2.05) is 12.1 Å². The molecule has 1 spiro atoms. The maximum Gasteiger partial charge on any atom is 0.245 e. The Morgan fingerprint density at radius 1 is 1.04 bits per heavy atom. The summed E-state index contributed by atoms with van der Waals surface area (Å²) in [5, 5.41) is 0.667. The van der Waals surface area contributed by atoms with Crippen LogP contribution in [0.3, 0.4) is 0 Å². The molecule has 2 saturated heterocycles. The quantitative estimate of drug-likeness (QED) is 0.736. The SMILES string of the molecule is O=S(=O)(c1c[nH]c2ncccc12)N1CCC2(CCN(Cc3ccccc3)C2)C1. The fourth-order valence-corrected chi connectivity index (χ4v) is 6.42. The summed E-state index contributed by atoms with van der Waals surface area (Å²) in [6.45, 7) is 4.12. The molecular weight excluding hydrogens is 372 g/mol. The molecule has 5 rings (SSSR count). The van der Waals surface area contributed by atoms with Gasteiger partial charge >= 0.3 is 0 Å². The standard InChI is InChI=1S/C21H24N4O2S/c26-28(27,19-13-23-20-18(19)7-4-10-22-20)25-12-9-21(16-25)8-11-24(15-21)14-17-5-2-1-3-6-17/h1-7,10,13H,8-9,11-12,14-16H2,(H,22,23). The summed E-state index contributed by atoms with van der Waals surface area (Å²) in [6, 6.07) is 14.1. The van der Waals surface area contributed by atoms with Crippen molar-refractivity contribution in [1.82, 2.24) is 19.2 Å². The van der Waals surface area contributed by atoms with Crippen LogP contribution in [0.15, 0.2) is 59.8 Å². The number of hydrogen-bond donors (Lipinski definition) is 1. The Hall–Kier alpha value is -2.22. The van der Waals surface area contributed by atoms with E-state index in [1.165, 1.54) is 5.56 Å². The first-order valence-corrected chi connectivity index (χ1v) is 11.2. The summed E-state index contributed by atoms with van der Waals surface area (Å²) >= 11 is 0. The van der Waals surface area contributed by atoms with Crippen molar-refractivity contribution in [3.05, 3.63) is 60.4 Å². The molecule has 7 heteroatoms. The van der Waals surface area contributed by atoms with Crippen LogP contribution in [0.5, 0.6) is 0 Å². The number of H-pyrrole nitrogens is 1. The number of aromatic nitrogens is 2. The minimum absolute atomic E-state index is 0.0756. The van der Waals surface area contributed by atoms with Gasteiger partial charge in [0, 0.05) is 44.0 Å². The van der Waals surface area contributed by atoms with E-state index in [0.717, 1.165) is 32.5 Å². The number of benzene rings is 1. The van der Waals surface area contributed by atoms with Crippen molar-refractivity contribution in [2.24, 2.45) is 5.41 Å². The Balaban J connectivity index is 1.33. The van der Waals surface area contributed by atoms with E-state index in [2.05, 4.69) is 39.1 Å². The Bertz CT molecular complexity index is 1100. The number of hydrogen-bond acceptors (Lipinski definition) is 4. The highest BCUT2D eigenvalue weighted by molar-refractivity contribution is 7.89. The van der Waals surface area contributed by atoms with Crippen LogP contribution in [0.1, 0.15) is 18.4 Å². The van der Waals surface area contributed by atoms with Crippen LogP contribution in [-0.4, -0.2) is 53.8 Å². The topological polar surface area (TPSA) is 69.3 Å². The lowest BCUT2D eigenvalue weighted by Crippen LogP contribution is -2.34. The van der Waals surface area contributed by atoms with Crippen LogP contribution in [0.2, 0.25) is 0 Å². The maximum atomic E-state index is 13.3. The Kier molecular flexibility index (Phi) is 4.26. The molecule has 2 aliphatic rings. The first-order valence-electron chi connectivity index (χ1n) is 9.74. The van der Waals surface area contributed by atoms with Gasteiger partial charge in [0.15, 0.2) is 0 Å². The van der Waals surface area contributed by atoms with E-state index in [-0.39, 0.29) is 5.41 Å². The third-order valence-corrected chi connectivity index (χ3v) is 8.09. The van der Waals surface area contributed by atoms with Crippen molar-refractivity contribution in [1.29, 1.82) is 0 Å². The molecule has 1 unspecified atom stereocenters. The van der Waals surface area contributed by atoms with Gasteiger partial charge in [-0.05, 0) is 42.5 Å². The summed E-state index contributed by atoms with van der Waals surface area (Å²) < 4.78 is 28.2. The molecule has 0 saturated carbocycles. The highest BCUT2D eigenvalue weighted by Crippen LogP contribution is 2.42. The lowest BCUT2D eigenvalue weighted by molar-refractivity contribution is 0.260. The van der Waals surface area contributed by atoms with E-state index in [1.54, 1.807) is 22.8 Å². The number of nitrogens with zero attached hydrogens (tertiary/aromatic N) is 3. The molecule has 2 fully saturated rings. The normalized spacial score (nSPS) is 23.9. The van der Waals surface area contributed by atoms with Crippen LogP contribution in [0.4, 0.5) is 0 Å². The highest BCUT2D eigenvalue weighted by atomic mass is 32.2. The lowest BCUT2D eigenvalue weighted by atomic mass is 9.86. The minimum atomic E-state index is -3.52. The van der Waals surface area contributed by atoms with E-state index in [9.17, 15) is 8.42 Å². The number of rotatable bonds is 4. The van der Waals surface area contributed by atoms with E-state index >= 15 is 0 Å². The van der Waals surface area contributed by atoms with E-state index in [0.29, 0.717) is 29.0 Å². The number of fused-ring (bicyclic) bond motifs is 1. The molecule has 6 nitrogen and oxygen atoms in total. The van der Waals surface area contributed by atoms with Crippen LogP contribution in [0.25, 0.3) is 11.0 Å². The summed E-state index contributed by atoms with van der Waals surface area (Å²) in [4.78, 5) is 10.0. The molecule has 4 heterocycles. The number of pyridine rings is 1. The first-order chi connectivity index (χ1) is 13.6. The zero-order chi connectivity index (χ0) is 19.2. The summed E-state index contributed by atoms with van der Waals surface area (Å²) in [5.74, 6) is 0. The molecule has 2 aliphatic heterocycles. The first kappa shape index (κ1) is 17.8. The Morgan fingerprint density at radius 2 is 1.86 bits per heavy atom. The third kappa shape index (κ3) is 3.03. The fourth-order valence-electron chi connectivity index (χ4n) is 4.72. The van der Waals surface area contributed by atoms with Gasteiger partial charge in [-0.15, -0.1) is 0 Å². The average molecular weight is 397 g/mol. The molecule has 2 aromatic heterocycles. The van der Waals surface area contributed by atoms with Crippen molar-refractivity contribution in [3.63, 3.8) is 0 Å². The molecule has 0 aliphatic carbocycles. The molecule has 1 atom stereocenters. The molecular formula is C21H24N4O2S. The zero-order valence-corrected chi connectivity index (χ0v) is 16.5. The Morgan fingerprint density at radius 3 is 2.71 bits per heavy atom. The van der Waals surface area contributed by atoms with Crippen molar-refractivity contribution in [2.75, 3.05) is 26.2 Å². The second kappa shape index (κ2) is 6.69. The van der Waals surface area contributed by atoms with Crippen molar-refractivity contribution in [2.45, 2.75) is 24.3 Å². The van der Waals surface area contributed by atoms with E-state index in [4.69, 9.17) is 0 Å². The maximum absolute atomic E-state index is 13.3. The minimum Gasteiger partial charge on any atom is -0.345 e. The fraction of sp³-hybridized carbons (Fsp3) is 0.381. The van der Waals surface area contributed by atoms with Gasteiger partial charge in [0.2, 0.25) is 10.0 Å². The lowest BCUT2D eigenvalue weighted by Gasteiger charge is -2.24. The average Bonchev–Trinajstić information content (AvgIpc) is 3.42. The van der Waals surface area contributed by atoms with Crippen LogP contribution >= 0.6 is 0 Å². The molecule has 28 heavy (non-hydrogen) atoms. The summed E-state index contributed by atoms with van der Waals surface area (Å²) in [6.07, 6.45) is 5.23. The van der Waals surface area contributed by atoms with Crippen LogP contribution < -0.4 is 0 Å². The predicted molar refractivity (Wildman–Crippen MR) is 108 cm³/mol. The van der Waals surface area contributed by atoms with Gasteiger partial charge in [0.05, 0.1) is 0 Å². The molecule has 3 aromatic rings. The Labute approximate surface area is 165 Å². The largest absolute Gasteiger partial charge is 0.345 e. The van der Waals surface area contributed by atoms with Gasteiger partial charge in [-0.2, -0.15) is 4.31 Å². The van der Waals surface area contributed by atoms with Gasteiger partial charge in [0.25, 0.3) is 0 Å². The predicted octanol–water partition coefficient (Wildman–Crippen LogP) is 2.85. The number of likely N-dealkylation sites (tertiary alicyclic amines) is 1. The smallest absolute Gasteiger partial charge is 0.245 e. The zero-order valence-electron chi connectivity index (χ0n) is 15.7. The van der Waals surface area contributed by atoms with Gasteiger partial charge in [0.1, 0.15) is 10.5 Å². The molecule has 0 bridgehead atoms. The second-order valence-electron chi connectivity index (χ2n) is 8.09. The summed E-state index contributed by atoms with van der Waals surface area (Å²) in [7, 11) is -3.52.